The second-order valence-corrected chi connectivity index (χ2v) is 6.25. The molecule has 0 saturated carbocycles. The van der Waals surface area contributed by atoms with Gasteiger partial charge < -0.3 is 20.5 Å². The third-order valence-corrected chi connectivity index (χ3v) is 4.43. The summed E-state index contributed by atoms with van der Waals surface area (Å²) in [6.45, 7) is 3.81. The highest BCUT2D eigenvalue weighted by Gasteiger charge is 2.19. The molecule has 3 rings (SSSR count). The Morgan fingerprint density at radius 3 is 2.92 bits per heavy atom. The molecule has 1 saturated heterocycles. The van der Waals surface area contributed by atoms with Crippen molar-refractivity contribution in [2.24, 2.45) is 0 Å². The van der Waals surface area contributed by atoms with Crippen LogP contribution in [0, 0.1) is 6.92 Å². The zero-order valence-electron chi connectivity index (χ0n) is 14.2. The van der Waals surface area contributed by atoms with E-state index < -0.39 is 6.03 Å². The van der Waals surface area contributed by atoms with Crippen LogP contribution in [-0.2, 0) is 4.79 Å². The van der Waals surface area contributed by atoms with Crippen molar-refractivity contribution in [1.29, 1.82) is 0 Å². The summed E-state index contributed by atoms with van der Waals surface area (Å²) >= 11 is 0. The first-order valence-corrected chi connectivity index (χ1v) is 8.50. The van der Waals surface area contributed by atoms with Crippen LogP contribution < -0.4 is 16.1 Å². The van der Waals surface area contributed by atoms with Gasteiger partial charge in [0.25, 0.3) is 0 Å². The topological polar surface area (TPSA) is 94.3 Å². The number of fused-ring (bicyclic) bond motifs is 1. The minimum absolute atomic E-state index is 0.183. The average molecular weight is 342 g/mol. The lowest BCUT2D eigenvalue weighted by Gasteiger charge is -2.15. The van der Waals surface area contributed by atoms with E-state index in [1.54, 1.807) is 6.07 Å². The Bertz CT molecular complexity index is 859. The number of para-hydroxylation sites is 1. The Balaban J connectivity index is 1.54. The minimum Gasteiger partial charge on any atom is -0.359 e. The van der Waals surface area contributed by atoms with E-state index >= 15 is 0 Å². The first-order chi connectivity index (χ1) is 12.1. The van der Waals surface area contributed by atoms with Gasteiger partial charge in [-0.3, -0.25) is 9.59 Å². The van der Waals surface area contributed by atoms with Crippen LogP contribution in [0.25, 0.3) is 10.9 Å². The summed E-state index contributed by atoms with van der Waals surface area (Å²) in [7, 11) is 0. The molecule has 7 heteroatoms. The predicted molar refractivity (Wildman–Crippen MR) is 96.8 cm³/mol. The Morgan fingerprint density at radius 2 is 2.16 bits per heavy atom. The van der Waals surface area contributed by atoms with Crippen molar-refractivity contribution < 1.29 is 9.59 Å². The van der Waals surface area contributed by atoms with E-state index in [1.165, 1.54) is 6.20 Å². The van der Waals surface area contributed by atoms with Gasteiger partial charge in [0.05, 0.1) is 5.52 Å². The van der Waals surface area contributed by atoms with Crippen molar-refractivity contribution >= 4 is 28.5 Å². The maximum atomic E-state index is 12.4. The van der Waals surface area contributed by atoms with Gasteiger partial charge in [0.1, 0.15) is 5.69 Å². The van der Waals surface area contributed by atoms with Crippen LogP contribution in [-0.4, -0.2) is 41.5 Å². The SMILES string of the molecule is Cc1cccc2c(=O)c(NC(=O)NCCCN3CCCC3=O)c[nH]c12. The van der Waals surface area contributed by atoms with E-state index in [1.807, 2.05) is 24.0 Å². The molecule has 0 aliphatic carbocycles. The van der Waals surface area contributed by atoms with Crippen LogP contribution in [0.15, 0.2) is 29.2 Å². The number of nitrogens with zero attached hydrogens (tertiary/aromatic N) is 1. The molecular weight excluding hydrogens is 320 g/mol. The molecule has 0 bridgehead atoms. The second-order valence-electron chi connectivity index (χ2n) is 6.25. The maximum Gasteiger partial charge on any atom is 0.319 e. The maximum absolute atomic E-state index is 12.4. The van der Waals surface area contributed by atoms with Crippen LogP contribution >= 0.6 is 0 Å². The number of H-pyrrole nitrogens is 1. The molecule has 132 valence electrons. The van der Waals surface area contributed by atoms with Crippen molar-refractivity contribution in [3.05, 3.63) is 40.2 Å². The molecule has 7 nitrogen and oxygen atoms in total. The van der Waals surface area contributed by atoms with Gasteiger partial charge in [-0.15, -0.1) is 0 Å². The largest absolute Gasteiger partial charge is 0.359 e. The monoisotopic (exact) mass is 342 g/mol. The summed E-state index contributed by atoms with van der Waals surface area (Å²) in [5.41, 5.74) is 1.75. The van der Waals surface area contributed by atoms with Crippen LogP contribution in [0.4, 0.5) is 10.5 Å². The van der Waals surface area contributed by atoms with Crippen LogP contribution in [0.1, 0.15) is 24.8 Å². The average Bonchev–Trinajstić information content (AvgIpc) is 3.00. The van der Waals surface area contributed by atoms with E-state index in [4.69, 9.17) is 0 Å². The first kappa shape index (κ1) is 17.0. The fourth-order valence-corrected chi connectivity index (χ4v) is 3.08. The van der Waals surface area contributed by atoms with Crippen molar-refractivity contribution in [3.63, 3.8) is 0 Å². The molecule has 1 aromatic carbocycles. The summed E-state index contributed by atoms with van der Waals surface area (Å²) in [6, 6.07) is 5.04. The third-order valence-electron chi connectivity index (χ3n) is 4.43. The van der Waals surface area contributed by atoms with Gasteiger partial charge in [-0.25, -0.2) is 4.79 Å². The van der Waals surface area contributed by atoms with Gasteiger partial charge in [-0.1, -0.05) is 12.1 Å². The van der Waals surface area contributed by atoms with Crippen LogP contribution in [0.3, 0.4) is 0 Å². The summed E-state index contributed by atoms with van der Waals surface area (Å²) < 4.78 is 0. The van der Waals surface area contributed by atoms with E-state index in [0.717, 1.165) is 24.0 Å². The van der Waals surface area contributed by atoms with Crippen molar-refractivity contribution in [2.75, 3.05) is 25.0 Å². The number of anilines is 1. The highest BCUT2D eigenvalue weighted by Crippen LogP contribution is 2.14. The number of hydrogen-bond donors (Lipinski definition) is 3. The molecule has 3 amide bonds. The fraction of sp³-hybridized carbons (Fsp3) is 0.389. The number of aryl methyl sites for hydroxylation is 1. The number of aromatic nitrogens is 1. The van der Waals surface area contributed by atoms with E-state index in [9.17, 15) is 14.4 Å². The smallest absolute Gasteiger partial charge is 0.319 e. The Morgan fingerprint density at radius 1 is 1.32 bits per heavy atom. The molecule has 3 N–H and O–H groups in total. The number of amides is 3. The summed E-state index contributed by atoms with van der Waals surface area (Å²) in [4.78, 5) is 40.8. The number of urea groups is 1. The van der Waals surface area contributed by atoms with Gasteiger partial charge in [-0.05, 0) is 31.4 Å². The highest BCUT2D eigenvalue weighted by molar-refractivity contribution is 5.92. The van der Waals surface area contributed by atoms with Crippen LogP contribution in [0.5, 0.6) is 0 Å². The minimum atomic E-state index is -0.426. The van der Waals surface area contributed by atoms with E-state index in [0.29, 0.717) is 31.3 Å². The highest BCUT2D eigenvalue weighted by atomic mass is 16.2. The normalized spacial score (nSPS) is 14.1. The van der Waals surface area contributed by atoms with E-state index in [2.05, 4.69) is 15.6 Å². The van der Waals surface area contributed by atoms with Crippen LogP contribution in [0.2, 0.25) is 0 Å². The Kier molecular flexibility index (Phi) is 5.02. The zero-order valence-corrected chi connectivity index (χ0v) is 14.2. The number of benzene rings is 1. The molecule has 2 heterocycles. The van der Waals surface area contributed by atoms with Gasteiger partial charge in [0.15, 0.2) is 0 Å². The van der Waals surface area contributed by atoms with Crippen molar-refractivity contribution in [1.82, 2.24) is 15.2 Å². The standard InChI is InChI=1S/C18H22N4O3/c1-12-5-2-6-13-16(12)20-11-14(17(13)24)21-18(25)19-8-4-10-22-9-3-7-15(22)23/h2,5-6,11H,3-4,7-10H2,1H3,(H,20,24)(H2,19,21,25). The van der Waals surface area contributed by atoms with Crippen molar-refractivity contribution in [2.45, 2.75) is 26.2 Å². The first-order valence-electron chi connectivity index (χ1n) is 8.50. The molecule has 0 unspecified atom stereocenters. The summed E-state index contributed by atoms with van der Waals surface area (Å²) in [6.07, 6.45) is 3.74. The molecule has 25 heavy (non-hydrogen) atoms. The number of aromatic amines is 1. The molecule has 1 aliphatic rings. The number of carbonyl (C=O) groups is 2. The molecule has 0 radical (unpaired) electrons. The lowest BCUT2D eigenvalue weighted by molar-refractivity contribution is -0.127. The molecule has 1 fully saturated rings. The third kappa shape index (κ3) is 3.81. The fourth-order valence-electron chi connectivity index (χ4n) is 3.08. The van der Waals surface area contributed by atoms with Gasteiger partial charge >= 0.3 is 6.03 Å². The van der Waals surface area contributed by atoms with Gasteiger partial charge in [0, 0.05) is 37.6 Å². The molecular formula is C18H22N4O3. The number of rotatable bonds is 5. The number of carbonyl (C=O) groups excluding carboxylic acids is 2. The summed E-state index contributed by atoms with van der Waals surface area (Å²) in [5, 5.41) is 5.85. The molecule has 1 aliphatic heterocycles. The van der Waals surface area contributed by atoms with E-state index in [-0.39, 0.29) is 17.0 Å². The quantitative estimate of drug-likeness (QED) is 0.725. The molecule has 2 aromatic rings. The lowest BCUT2D eigenvalue weighted by Crippen LogP contribution is -2.34. The number of pyridine rings is 1. The second kappa shape index (κ2) is 7.38. The number of nitrogens with one attached hydrogen (secondary N) is 3. The van der Waals surface area contributed by atoms with Gasteiger partial charge in [0.2, 0.25) is 11.3 Å². The predicted octanol–water partition coefficient (Wildman–Crippen LogP) is 1.97. The molecule has 1 aromatic heterocycles. The summed E-state index contributed by atoms with van der Waals surface area (Å²) in [5.74, 6) is 0.183. The molecule has 0 atom stereocenters. The Hall–Kier alpha value is -2.83. The zero-order chi connectivity index (χ0) is 17.8. The number of hydrogen-bond acceptors (Lipinski definition) is 3. The lowest BCUT2D eigenvalue weighted by atomic mass is 10.1. The van der Waals surface area contributed by atoms with Gasteiger partial charge in [-0.2, -0.15) is 0 Å². The number of likely N-dealkylation sites (tertiary alicyclic amines) is 1. The Labute approximate surface area is 145 Å². The van der Waals surface area contributed by atoms with Crippen molar-refractivity contribution in [3.8, 4) is 0 Å². The molecule has 0 spiro atoms.